The molecule has 0 amide bonds. The average Bonchev–Trinajstić information content (AvgIpc) is 2.86. The lowest BCUT2D eigenvalue weighted by Gasteiger charge is -2.34. The highest BCUT2D eigenvalue weighted by atomic mass is 32.1. The highest BCUT2D eigenvalue weighted by molar-refractivity contribution is 7.09. The van der Waals surface area contributed by atoms with Gasteiger partial charge in [-0.25, -0.2) is 4.98 Å². The van der Waals surface area contributed by atoms with Crippen LogP contribution in [0.4, 0.5) is 5.13 Å². The Labute approximate surface area is 122 Å². The molecule has 7 nitrogen and oxygen atoms in total. The normalized spacial score (nSPS) is 19.6. The Morgan fingerprint density at radius 1 is 1.65 bits per heavy atom. The molecule has 2 heterocycles. The van der Waals surface area contributed by atoms with Gasteiger partial charge in [0.25, 0.3) is 0 Å². The fourth-order valence-electron chi connectivity index (χ4n) is 2.16. The molecule has 0 aromatic carbocycles. The smallest absolute Gasteiger partial charge is 0.317 e. The third-order valence-electron chi connectivity index (χ3n) is 3.10. The molecule has 1 N–H and O–H groups in total. The van der Waals surface area contributed by atoms with Gasteiger partial charge in [0.15, 0.2) is 0 Å². The number of likely N-dealkylation sites (N-methyl/N-ethyl adjacent to an activating group) is 1. The number of aryl methyl sites for hydroxylation is 1. The van der Waals surface area contributed by atoms with Gasteiger partial charge in [0.2, 0.25) is 5.13 Å². The van der Waals surface area contributed by atoms with Crippen molar-refractivity contribution in [3.8, 4) is 0 Å². The molecule has 1 aliphatic heterocycles. The van der Waals surface area contributed by atoms with Gasteiger partial charge < -0.3 is 14.7 Å². The molecule has 1 atom stereocenters. The summed E-state index contributed by atoms with van der Waals surface area (Å²) in [5.41, 5.74) is 0. The first-order valence-corrected chi connectivity index (χ1v) is 7.45. The van der Waals surface area contributed by atoms with Crippen molar-refractivity contribution in [2.75, 3.05) is 44.7 Å². The first-order valence-electron chi connectivity index (χ1n) is 6.68. The number of ether oxygens (including phenoxy) is 1. The van der Waals surface area contributed by atoms with Gasteiger partial charge in [-0.05, 0) is 7.05 Å². The molecule has 0 spiro atoms. The topological polar surface area (TPSA) is 78.8 Å². The summed E-state index contributed by atoms with van der Waals surface area (Å²) < 4.78 is 9.99. The summed E-state index contributed by atoms with van der Waals surface area (Å²) in [6.45, 7) is 4.82. The van der Waals surface area contributed by atoms with Crippen molar-refractivity contribution in [3.05, 3.63) is 5.82 Å². The van der Waals surface area contributed by atoms with E-state index in [1.165, 1.54) is 11.5 Å². The van der Waals surface area contributed by atoms with Crippen LogP contribution in [0.3, 0.4) is 0 Å². The molecule has 20 heavy (non-hydrogen) atoms. The number of anilines is 1. The molecule has 2 rings (SSSR count). The lowest BCUT2D eigenvalue weighted by atomic mass is 10.2. The van der Waals surface area contributed by atoms with E-state index in [-0.39, 0.29) is 12.6 Å². The number of hydrogen-bond acceptors (Lipinski definition) is 7. The number of carboxylic acids is 1. The van der Waals surface area contributed by atoms with E-state index >= 15 is 0 Å². The largest absolute Gasteiger partial charge is 0.480 e. The maximum Gasteiger partial charge on any atom is 0.317 e. The predicted molar refractivity (Wildman–Crippen MR) is 76.4 cm³/mol. The van der Waals surface area contributed by atoms with Crippen LogP contribution in [0.2, 0.25) is 0 Å². The van der Waals surface area contributed by atoms with Gasteiger partial charge in [-0.3, -0.25) is 9.69 Å². The predicted octanol–water partition coefficient (Wildman–Crippen LogP) is 0.322. The van der Waals surface area contributed by atoms with Gasteiger partial charge in [0, 0.05) is 37.6 Å². The lowest BCUT2D eigenvalue weighted by Crippen LogP contribution is -2.47. The van der Waals surface area contributed by atoms with Gasteiger partial charge in [-0.2, -0.15) is 4.37 Å². The summed E-state index contributed by atoms with van der Waals surface area (Å²) in [6, 6.07) is 0. The second-order valence-corrected chi connectivity index (χ2v) is 5.61. The molecule has 1 aromatic rings. The average molecular weight is 300 g/mol. The van der Waals surface area contributed by atoms with Crippen molar-refractivity contribution in [1.82, 2.24) is 14.3 Å². The van der Waals surface area contributed by atoms with Crippen molar-refractivity contribution in [3.63, 3.8) is 0 Å². The Morgan fingerprint density at radius 3 is 3.10 bits per heavy atom. The minimum Gasteiger partial charge on any atom is -0.480 e. The van der Waals surface area contributed by atoms with Crippen LogP contribution in [-0.2, 0) is 16.0 Å². The molecular weight excluding hydrogens is 280 g/mol. The second-order valence-electron chi connectivity index (χ2n) is 4.88. The SMILES string of the molecule is CCc1nsc(N2CCOC(CN(C)CC(=O)O)C2)n1. The quantitative estimate of drug-likeness (QED) is 0.810. The Morgan fingerprint density at radius 2 is 2.45 bits per heavy atom. The standard InChI is InChI=1S/C12H20N4O3S/c1-3-10-13-12(20-14-10)16-4-5-19-9(7-16)6-15(2)8-11(17)18/h9H,3-8H2,1-2H3,(H,17,18). The fraction of sp³-hybridized carbons (Fsp3) is 0.750. The molecule has 0 aliphatic carbocycles. The Balaban J connectivity index is 1.89. The van der Waals surface area contributed by atoms with Crippen molar-refractivity contribution in [2.45, 2.75) is 19.4 Å². The van der Waals surface area contributed by atoms with Gasteiger partial charge in [-0.1, -0.05) is 6.92 Å². The second kappa shape index (κ2) is 6.96. The molecular formula is C12H20N4O3S. The van der Waals surface area contributed by atoms with Crippen LogP contribution in [0.5, 0.6) is 0 Å². The van der Waals surface area contributed by atoms with E-state index in [1.54, 1.807) is 11.9 Å². The van der Waals surface area contributed by atoms with Gasteiger partial charge in [-0.15, -0.1) is 0 Å². The van der Waals surface area contributed by atoms with E-state index in [0.717, 1.165) is 30.5 Å². The number of hydrogen-bond donors (Lipinski definition) is 1. The van der Waals surface area contributed by atoms with Crippen LogP contribution in [-0.4, -0.2) is 71.3 Å². The zero-order chi connectivity index (χ0) is 14.5. The first kappa shape index (κ1) is 15.1. The van der Waals surface area contributed by atoms with Crippen LogP contribution >= 0.6 is 11.5 Å². The lowest BCUT2D eigenvalue weighted by molar-refractivity contribution is -0.138. The van der Waals surface area contributed by atoms with Gasteiger partial charge in [0.1, 0.15) is 5.82 Å². The third kappa shape index (κ3) is 4.12. The van der Waals surface area contributed by atoms with Crippen molar-refractivity contribution in [1.29, 1.82) is 0 Å². The van der Waals surface area contributed by atoms with Crippen LogP contribution in [0.25, 0.3) is 0 Å². The van der Waals surface area contributed by atoms with Crippen LogP contribution in [0.15, 0.2) is 0 Å². The molecule has 1 saturated heterocycles. The zero-order valence-corrected chi connectivity index (χ0v) is 12.6. The van der Waals surface area contributed by atoms with E-state index < -0.39 is 5.97 Å². The number of carbonyl (C=O) groups is 1. The minimum atomic E-state index is -0.822. The third-order valence-corrected chi connectivity index (χ3v) is 3.92. The summed E-state index contributed by atoms with van der Waals surface area (Å²) >= 11 is 1.41. The van der Waals surface area contributed by atoms with Crippen molar-refractivity contribution >= 4 is 22.6 Å². The van der Waals surface area contributed by atoms with Gasteiger partial charge in [0.05, 0.1) is 19.3 Å². The minimum absolute atomic E-state index is 0.00192. The number of morpholine rings is 1. The van der Waals surface area contributed by atoms with E-state index in [0.29, 0.717) is 13.2 Å². The fourth-order valence-corrected chi connectivity index (χ4v) is 2.95. The maximum atomic E-state index is 10.7. The van der Waals surface area contributed by atoms with E-state index in [9.17, 15) is 4.79 Å². The summed E-state index contributed by atoms with van der Waals surface area (Å²) in [6.07, 6.45) is 0.841. The van der Waals surface area contributed by atoms with Crippen molar-refractivity contribution in [2.24, 2.45) is 0 Å². The van der Waals surface area contributed by atoms with Crippen LogP contribution in [0, 0.1) is 0 Å². The van der Waals surface area contributed by atoms with E-state index in [4.69, 9.17) is 9.84 Å². The molecule has 8 heteroatoms. The van der Waals surface area contributed by atoms with Crippen LogP contribution in [0.1, 0.15) is 12.7 Å². The molecule has 1 fully saturated rings. The maximum absolute atomic E-state index is 10.7. The Kier molecular flexibility index (Phi) is 5.27. The van der Waals surface area contributed by atoms with Crippen LogP contribution < -0.4 is 4.90 Å². The number of aliphatic carboxylic acids is 1. The van der Waals surface area contributed by atoms with E-state index in [2.05, 4.69) is 14.3 Å². The summed E-state index contributed by atoms with van der Waals surface area (Å²) in [5.74, 6) is 0.0490. The number of aromatic nitrogens is 2. The first-order chi connectivity index (χ1) is 9.58. The Hall–Kier alpha value is -1.25. The summed E-state index contributed by atoms with van der Waals surface area (Å²) in [4.78, 5) is 19.1. The monoisotopic (exact) mass is 300 g/mol. The molecule has 0 radical (unpaired) electrons. The molecule has 1 aliphatic rings. The summed E-state index contributed by atoms with van der Waals surface area (Å²) in [5, 5.41) is 9.69. The molecule has 1 aromatic heterocycles. The summed E-state index contributed by atoms with van der Waals surface area (Å²) in [7, 11) is 1.79. The zero-order valence-electron chi connectivity index (χ0n) is 11.8. The highest BCUT2D eigenvalue weighted by Crippen LogP contribution is 2.20. The molecule has 1 unspecified atom stereocenters. The molecule has 0 saturated carbocycles. The van der Waals surface area contributed by atoms with Gasteiger partial charge >= 0.3 is 5.97 Å². The van der Waals surface area contributed by atoms with Crippen molar-refractivity contribution < 1.29 is 14.6 Å². The number of rotatable bonds is 6. The number of nitrogens with zero attached hydrogens (tertiary/aromatic N) is 4. The Bertz CT molecular complexity index is 454. The van der Waals surface area contributed by atoms with E-state index in [1.807, 2.05) is 6.92 Å². The molecule has 112 valence electrons. The number of carboxylic acid groups (broad SMARTS) is 1. The molecule has 0 bridgehead atoms. The highest BCUT2D eigenvalue weighted by Gasteiger charge is 2.24.